The summed E-state index contributed by atoms with van der Waals surface area (Å²) in [5.41, 5.74) is 4.13. The number of carbonyl (C=O) groups is 1. The van der Waals surface area contributed by atoms with Crippen molar-refractivity contribution >= 4 is 72.0 Å². The number of alkyl halides is 3. The largest absolute Gasteiger partial charge is 0.573 e. The molecule has 1 heterocycles. The van der Waals surface area contributed by atoms with Crippen LogP contribution in [0.2, 0.25) is 10.0 Å². The van der Waals surface area contributed by atoms with Crippen molar-refractivity contribution in [2.24, 2.45) is 5.73 Å². The third kappa shape index (κ3) is 4.66. The lowest BCUT2D eigenvalue weighted by Gasteiger charge is -2.24. The lowest BCUT2D eigenvalue weighted by molar-refractivity contribution is -0.274. The Morgan fingerprint density at radius 2 is 1.84 bits per heavy atom. The zero-order chi connectivity index (χ0) is 24.0. The number of primary amides is 1. The number of fused-ring (bicyclic) bond motifs is 1. The monoisotopic (exact) mass is 613 g/mol. The number of hydrogen-bond donors (Lipinski definition) is 1. The molecule has 2 aromatic carbocycles. The predicted octanol–water partition coefficient (Wildman–Crippen LogP) is 5.74. The average Bonchev–Trinajstić information content (AvgIpc) is 3.12. The van der Waals surface area contributed by atoms with Gasteiger partial charge in [0, 0.05) is 5.56 Å². The zero-order valence-electron chi connectivity index (χ0n) is 15.8. The SMILES string of the molecule is CC(C#N)(Cn1nc2c(Cl)c(Br)c(Cl)c(Br)c2n1)c1cc(OC(F)(F)F)ccc1C(N)=O. The van der Waals surface area contributed by atoms with Crippen LogP contribution in [0.15, 0.2) is 27.1 Å². The maximum Gasteiger partial charge on any atom is 0.573 e. The van der Waals surface area contributed by atoms with Crippen LogP contribution < -0.4 is 10.5 Å². The van der Waals surface area contributed by atoms with Gasteiger partial charge in [0.2, 0.25) is 5.91 Å². The number of nitrogens with zero attached hydrogens (tertiary/aromatic N) is 4. The van der Waals surface area contributed by atoms with Crippen molar-refractivity contribution in [3.63, 3.8) is 0 Å². The Kier molecular flexibility index (Phi) is 6.68. The van der Waals surface area contributed by atoms with Crippen molar-refractivity contribution in [3.8, 4) is 11.8 Å². The molecule has 3 rings (SSSR count). The molecule has 32 heavy (non-hydrogen) atoms. The van der Waals surface area contributed by atoms with Crippen LogP contribution in [0, 0.1) is 11.3 Å². The van der Waals surface area contributed by atoms with Gasteiger partial charge in [-0.1, -0.05) is 23.2 Å². The fourth-order valence-corrected chi connectivity index (χ4v) is 4.54. The number of carbonyl (C=O) groups excluding carboxylic acids is 1. The molecular formula is C18H10Br2Cl2F3N5O2. The van der Waals surface area contributed by atoms with Gasteiger partial charge in [0.25, 0.3) is 0 Å². The second-order valence-corrected chi connectivity index (χ2v) is 9.09. The number of hydrogen-bond acceptors (Lipinski definition) is 5. The Morgan fingerprint density at radius 3 is 2.41 bits per heavy atom. The van der Waals surface area contributed by atoms with Gasteiger partial charge < -0.3 is 10.5 Å². The van der Waals surface area contributed by atoms with E-state index in [4.69, 9.17) is 28.9 Å². The molecule has 1 unspecified atom stereocenters. The maximum atomic E-state index is 12.7. The molecule has 7 nitrogen and oxygen atoms in total. The molecule has 1 aromatic heterocycles. The van der Waals surface area contributed by atoms with Crippen LogP contribution in [-0.4, -0.2) is 27.3 Å². The van der Waals surface area contributed by atoms with E-state index in [1.807, 2.05) is 6.07 Å². The second-order valence-electron chi connectivity index (χ2n) is 6.75. The van der Waals surface area contributed by atoms with Gasteiger partial charge in [-0.05, 0) is 62.5 Å². The molecule has 1 atom stereocenters. The number of ether oxygens (including phenoxy) is 1. The molecule has 0 bridgehead atoms. The molecule has 0 saturated heterocycles. The van der Waals surface area contributed by atoms with Crippen LogP contribution in [0.5, 0.6) is 5.75 Å². The number of amides is 1. The van der Waals surface area contributed by atoms with Crippen molar-refractivity contribution in [2.45, 2.75) is 25.2 Å². The van der Waals surface area contributed by atoms with Crippen LogP contribution in [0.4, 0.5) is 13.2 Å². The summed E-state index contributed by atoms with van der Waals surface area (Å²) in [6.07, 6.45) is -4.97. The van der Waals surface area contributed by atoms with Crippen molar-refractivity contribution in [1.29, 1.82) is 5.26 Å². The molecule has 0 spiro atoms. The van der Waals surface area contributed by atoms with Crippen molar-refractivity contribution in [2.75, 3.05) is 0 Å². The van der Waals surface area contributed by atoms with Crippen molar-refractivity contribution in [1.82, 2.24) is 15.0 Å². The molecule has 3 aromatic rings. The number of halogens is 7. The highest BCUT2D eigenvalue weighted by Gasteiger charge is 2.36. The van der Waals surface area contributed by atoms with Crippen molar-refractivity contribution in [3.05, 3.63) is 48.3 Å². The summed E-state index contributed by atoms with van der Waals surface area (Å²) in [5, 5.41) is 18.9. The topological polar surface area (TPSA) is 107 Å². The molecule has 1 amide bonds. The summed E-state index contributed by atoms with van der Waals surface area (Å²) in [6.45, 7) is 1.14. The second kappa shape index (κ2) is 8.70. The third-order valence-electron chi connectivity index (χ3n) is 4.44. The van der Waals surface area contributed by atoms with Gasteiger partial charge >= 0.3 is 6.36 Å². The summed E-state index contributed by atoms with van der Waals surface area (Å²) in [5.74, 6) is -1.54. The van der Waals surface area contributed by atoms with E-state index >= 15 is 0 Å². The summed E-state index contributed by atoms with van der Waals surface area (Å²) in [6, 6.07) is 4.94. The van der Waals surface area contributed by atoms with Crippen LogP contribution >= 0.6 is 55.1 Å². The average molecular weight is 616 g/mol. The van der Waals surface area contributed by atoms with Gasteiger partial charge in [0.15, 0.2) is 0 Å². The molecule has 0 aliphatic heterocycles. The van der Waals surface area contributed by atoms with Gasteiger partial charge in [0.05, 0.1) is 31.6 Å². The quantitative estimate of drug-likeness (QED) is 0.291. The van der Waals surface area contributed by atoms with E-state index < -0.39 is 23.4 Å². The Bertz CT molecular complexity index is 1250. The molecule has 0 saturated carbocycles. The molecule has 0 fully saturated rings. The van der Waals surface area contributed by atoms with Crippen LogP contribution in [0.3, 0.4) is 0 Å². The molecule has 168 valence electrons. The lowest BCUT2D eigenvalue weighted by Crippen LogP contribution is -2.31. The zero-order valence-corrected chi connectivity index (χ0v) is 20.5. The molecule has 2 N–H and O–H groups in total. The Labute approximate surface area is 205 Å². The highest BCUT2D eigenvalue weighted by molar-refractivity contribution is 9.11. The fourth-order valence-electron chi connectivity index (χ4n) is 2.97. The number of nitriles is 1. The molecule has 0 aliphatic carbocycles. The number of aromatic nitrogens is 3. The highest BCUT2D eigenvalue weighted by Crippen LogP contribution is 2.42. The van der Waals surface area contributed by atoms with Gasteiger partial charge in [-0.25, -0.2) is 0 Å². The first-order valence-corrected chi connectivity index (χ1v) is 10.8. The van der Waals surface area contributed by atoms with Crippen molar-refractivity contribution < 1.29 is 22.7 Å². The van der Waals surface area contributed by atoms with Crippen LogP contribution in [0.1, 0.15) is 22.8 Å². The number of benzene rings is 2. The normalized spacial score (nSPS) is 13.6. The van der Waals surface area contributed by atoms with Crippen LogP contribution in [0.25, 0.3) is 11.0 Å². The number of nitrogens with two attached hydrogens (primary N) is 1. The standard InChI is InChI=1S/C18H10Br2Cl2F3N5O2/c1-17(5-26,9-4-7(32-18(23,24)25)2-3-8(9)16(27)31)6-30-28-14-11(20)12(21)10(19)13(22)15(14)29-30/h2-4H,6H2,1H3,(H2,27,31). The lowest BCUT2D eigenvalue weighted by atomic mass is 9.81. The van der Waals surface area contributed by atoms with Gasteiger partial charge in [-0.15, -0.1) is 13.2 Å². The summed E-state index contributed by atoms with van der Waals surface area (Å²) < 4.78 is 42.8. The van der Waals surface area contributed by atoms with E-state index in [-0.39, 0.29) is 33.2 Å². The minimum atomic E-state index is -4.97. The molecule has 14 heteroatoms. The van der Waals surface area contributed by atoms with Gasteiger partial charge in [-0.3, -0.25) is 4.79 Å². The Morgan fingerprint density at radius 1 is 1.22 bits per heavy atom. The minimum Gasteiger partial charge on any atom is -0.406 e. The van der Waals surface area contributed by atoms with E-state index in [9.17, 15) is 23.2 Å². The first-order valence-electron chi connectivity index (χ1n) is 8.45. The summed E-state index contributed by atoms with van der Waals surface area (Å²) >= 11 is 19.0. The maximum absolute atomic E-state index is 12.7. The molecule has 0 aliphatic rings. The Hall–Kier alpha value is -2.07. The van der Waals surface area contributed by atoms with Crippen LogP contribution in [-0.2, 0) is 12.0 Å². The van der Waals surface area contributed by atoms with E-state index in [1.54, 1.807) is 0 Å². The number of rotatable bonds is 5. The van der Waals surface area contributed by atoms with E-state index in [0.29, 0.717) is 14.5 Å². The fraction of sp³-hybridized carbons (Fsp3) is 0.222. The van der Waals surface area contributed by atoms with Gasteiger partial charge in [-0.2, -0.15) is 20.3 Å². The highest BCUT2D eigenvalue weighted by atomic mass is 79.9. The first-order chi connectivity index (χ1) is 14.8. The Balaban J connectivity index is 2.14. The van der Waals surface area contributed by atoms with Gasteiger partial charge in [0.1, 0.15) is 22.2 Å². The predicted molar refractivity (Wildman–Crippen MR) is 118 cm³/mol. The molecular weight excluding hydrogens is 606 g/mol. The van der Waals surface area contributed by atoms with E-state index in [0.717, 1.165) is 23.0 Å². The first kappa shape index (κ1) is 24.6. The van der Waals surface area contributed by atoms with E-state index in [1.165, 1.54) is 6.92 Å². The summed E-state index contributed by atoms with van der Waals surface area (Å²) in [7, 11) is 0. The third-order valence-corrected chi connectivity index (χ3v) is 7.43. The minimum absolute atomic E-state index is 0.0834. The van der Waals surface area contributed by atoms with E-state index in [2.05, 4.69) is 46.8 Å². The molecule has 0 radical (unpaired) electrons. The smallest absolute Gasteiger partial charge is 0.406 e. The summed E-state index contributed by atoms with van der Waals surface area (Å²) in [4.78, 5) is 13.0.